The minimum Gasteiger partial charge on any atom is -0.392 e. The van der Waals surface area contributed by atoms with Gasteiger partial charge in [0.15, 0.2) is 0 Å². The molecule has 0 spiro atoms. The third-order valence-corrected chi connectivity index (χ3v) is 2.25. The van der Waals surface area contributed by atoms with Gasteiger partial charge in [0.05, 0.1) is 6.10 Å². The van der Waals surface area contributed by atoms with E-state index in [1.54, 1.807) is 0 Å². The van der Waals surface area contributed by atoms with Gasteiger partial charge in [0.25, 0.3) is 11.5 Å². The zero-order valence-electron chi connectivity index (χ0n) is 9.93. The average molecular weight is 241 g/mol. The van der Waals surface area contributed by atoms with Crippen molar-refractivity contribution < 1.29 is 9.90 Å². The molecule has 1 rings (SSSR count). The maximum Gasteiger partial charge on any atom is 0.330 e. The Morgan fingerprint density at radius 1 is 1.47 bits per heavy atom. The monoisotopic (exact) mass is 241 g/mol. The van der Waals surface area contributed by atoms with Gasteiger partial charge in [-0.15, -0.1) is 0 Å². The topological polar surface area (TPSA) is 93.3 Å². The summed E-state index contributed by atoms with van der Waals surface area (Å²) in [5.74, 6) is -0.609. The molecule has 0 radical (unpaired) electrons. The Balaban J connectivity index is 3.12. The first-order chi connectivity index (χ1) is 7.84. The number of nitrogens with zero attached hydrogens (tertiary/aromatic N) is 2. The Kier molecular flexibility index (Phi) is 3.84. The number of rotatable bonds is 3. The number of carbonyl (C=O) groups excluding carboxylic acids is 1. The lowest BCUT2D eigenvalue weighted by atomic mass is 10.3. The van der Waals surface area contributed by atoms with E-state index < -0.39 is 23.3 Å². The Bertz CT molecular complexity index is 541. The van der Waals surface area contributed by atoms with Crippen molar-refractivity contribution in [3.63, 3.8) is 0 Å². The SMILES string of the molecule is CC(O)CNC(=O)c1cn(C)c(=O)n(C)c1=O. The van der Waals surface area contributed by atoms with Crippen molar-refractivity contribution in [2.45, 2.75) is 13.0 Å². The summed E-state index contributed by atoms with van der Waals surface area (Å²) >= 11 is 0. The van der Waals surface area contributed by atoms with Crippen LogP contribution in [0.4, 0.5) is 0 Å². The highest BCUT2D eigenvalue weighted by Crippen LogP contribution is 1.88. The maximum absolute atomic E-state index is 11.7. The lowest BCUT2D eigenvalue weighted by Gasteiger charge is -2.08. The highest BCUT2D eigenvalue weighted by Gasteiger charge is 2.14. The number of aliphatic hydroxyl groups is 1. The second-order valence-electron chi connectivity index (χ2n) is 3.86. The zero-order valence-corrected chi connectivity index (χ0v) is 9.93. The highest BCUT2D eigenvalue weighted by molar-refractivity contribution is 5.93. The standard InChI is InChI=1S/C10H15N3O4/c1-6(14)4-11-8(15)7-5-12(2)10(17)13(3)9(7)16/h5-6,14H,4H2,1-3H3,(H,11,15). The molecule has 1 aromatic rings. The second-order valence-corrected chi connectivity index (χ2v) is 3.86. The Morgan fingerprint density at radius 3 is 2.59 bits per heavy atom. The van der Waals surface area contributed by atoms with Crippen molar-refractivity contribution in [2.75, 3.05) is 6.54 Å². The fourth-order valence-electron chi connectivity index (χ4n) is 1.30. The van der Waals surface area contributed by atoms with Crippen LogP contribution in [0, 0.1) is 0 Å². The van der Waals surface area contributed by atoms with Gasteiger partial charge in [0.1, 0.15) is 5.56 Å². The van der Waals surface area contributed by atoms with Gasteiger partial charge in [0.2, 0.25) is 0 Å². The van der Waals surface area contributed by atoms with Crippen LogP contribution in [0.15, 0.2) is 15.8 Å². The summed E-state index contributed by atoms with van der Waals surface area (Å²) < 4.78 is 2.01. The molecule has 0 saturated heterocycles. The molecule has 0 aliphatic carbocycles. The minimum atomic E-state index is -0.699. The van der Waals surface area contributed by atoms with E-state index in [0.29, 0.717) is 0 Å². The predicted octanol–water partition coefficient (Wildman–Crippen LogP) is -1.81. The van der Waals surface area contributed by atoms with Gasteiger partial charge in [-0.3, -0.25) is 14.2 Å². The average Bonchev–Trinajstić information content (AvgIpc) is 2.28. The van der Waals surface area contributed by atoms with Crippen LogP contribution >= 0.6 is 0 Å². The molecule has 1 unspecified atom stereocenters. The van der Waals surface area contributed by atoms with Crippen LogP contribution in [-0.2, 0) is 14.1 Å². The van der Waals surface area contributed by atoms with Crippen LogP contribution in [0.5, 0.6) is 0 Å². The first-order valence-electron chi connectivity index (χ1n) is 5.07. The van der Waals surface area contributed by atoms with Crippen molar-refractivity contribution in [2.24, 2.45) is 14.1 Å². The maximum atomic E-state index is 11.7. The number of amides is 1. The van der Waals surface area contributed by atoms with Crippen molar-refractivity contribution >= 4 is 5.91 Å². The second kappa shape index (κ2) is 4.96. The molecule has 1 atom stereocenters. The molecule has 0 aromatic carbocycles. The van der Waals surface area contributed by atoms with Gasteiger partial charge < -0.3 is 15.0 Å². The number of aromatic nitrogens is 2. The van der Waals surface area contributed by atoms with Gasteiger partial charge >= 0.3 is 5.69 Å². The van der Waals surface area contributed by atoms with E-state index in [1.807, 2.05) is 0 Å². The van der Waals surface area contributed by atoms with E-state index in [1.165, 1.54) is 27.2 Å². The van der Waals surface area contributed by atoms with Crippen LogP contribution in [0.3, 0.4) is 0 Å². The van der Waals surface area contributed by atoms with Crippen LogP contribution in [0.1, 0.15) is 17.3 Å². The van der Waals surface area contributed by atoms with E-state index in [9.17, 15) is 14.4 Å². The summed E-state index contributed by atoms with van der Waals surface area (Å²) in [6.45, 7) is 1.56. The van der Waals surface area contributed by atoms with Crippen LogP contribution < -0.4 is 16.6 Å². The van der Waals surface area contributed by atoms with E-state index in [0.717, 1.165) is 9.13 Å². The number of aliphatic hydroxyl groups excluding tert-OH is 1. The molecule has 7 nitrogen and oxygen atoms in total. The number of hydrogen-bond donors (Lipinski definition) is 2. The molecule has 0 aliphatic heterocycles. The normalized spacial score (nSPS) is 12.2. The number of carbonyl (C=O) groups is 1. The summed E-state index contributed by atoms with van der Waals surface area (Å²) in [5.41, 5.74) is -1.28. The number of hydrogen-bond acceptors (Lipinski definition) is 4. The van der Waals surface area contributed by atoms with Gasteiger partial charge in [-0.1, -0.05) is 0 Å². The summed E-state index contributed by atoms with van der Waals surface area (Å²) in [6, 6.07) is 0. The minimum absolute atomic E-state index is 0.0465. The molecule has 17 heavy (non-hydrogen) atoms. The molecule has 94 valence electrons. The zero-order chi connectivity index (χ0) is 13.2. The quantitative estimate of drug-likeness (QED) is 0.652. The van der Waals surface area contributed by atoms with Gasteiger partial charge in [-0.2, -0.15) is 0 Å². The van der Waals surface area contributed by atoms with Crippen molar-refractivity contribution in [1.29, 1.82) is 0 Å². The Hall–Kier alpha value is -1.89. The van der Waals surface area contributed by atoms with Crippen LogP contribution in [0.2, 0.25) is 0 Å². The molecule has 0 bridgehead atoms. The Morgan fingerprint density at radius 2 is 2.06 bits per heavy atom. The predicted molar refractivity (Wildman–Crippen MR) is 60.9 cm³/mol. The summed E-state index contributed by atoms with van der Waals surface area (Å²) in [6.07, 6.45) is 0.484. The summed E-state index contributed by atoms with van der Waals surface area (Å²) in [4.78, 5) is 34.7. The lowest BCUT2D eigenvalue weighted by molar-refractivity contribution is 0.0921. The number of aryl methyl sites for hydroxylation is 1. The van der Waals surface area contributed by atoms with E-state index in [4.69, 9.17) is 5.11 Å². The molecule has 0 aliphatic rings. The van der Waals surface area contributed by atoms with Crippen LogP contribution in [-0.4, -0.2) is 32.8 Å². The largest absolute Gasteiger partial charge is 0.392 e. The van der Waals surface area contributed by atoms with Crippen molar-refractivity contribution in [3.05, 3.63) is 32.6 Å². The third kappa shape index (κ3) is 2.82. The van der Waals surface area contributed by atoms with Crippen molar-refractivity contribution in [3.8, 4) is 0 Å². The fourth-order valence-corrected chi connectivity index (χ4v) is 1.30. The third-order valence-electron chi connectivity index (χ3n) is 2.25. The summed E-state index contributed by atoms with van der Waals surface area (Å²) in [5, 5.41) is 11.4. The summed E-state index contributed by atoms with van der Waals surface area (Å²) in [7, 11) is 2.75. The lowest BCUT2D eigenvalue weighted by Crippen LogP contribution is -2.42. The molecule has 0 saturated carbocycles. The molecule has 2 N–H and O–H groups in total. The van der Waals surface area contributed by atoms with E-state index in [2.05, 4.69) is 5.32 Å². The molecule has 1 amide bonds. The fraction of sp³-hybridized carbons (Fsp3) is 0.500. The van der Waals surface area contributed by atoms with Crippen LogP contribution in [0.25, 0.3) is 0 Å². The molecular weight excluding hydrogens is 226 g/mol. The van der Waals surface area contributed by atoms with Gasteiger partial charge in [0, 0.05) is 26.8 Å². The van der Waals surface area contributed by atoms with Gasteiger partial charge in [-0.05, 0) is 6.92 Å². The van der Waals surface area contributed by atoms with E-state index >= 15 is 0 Å². The first-order valence-corrected chi connectivity index (χ1v) is 5.07. The molecular formula is C10H15N3O4. The van der Waals surface area contributed by atoms with Gasteiger partial charge in [-0.25, -0.2) is 4.79 Å². The molecule has 7 heteroatoms. The molecule has 0 fully saturated rings. The highest BCUT2D eigenvalue weighted by atomic mass is 16.3. The van der Waals surface area contributed by atoms with E-state index in [-0.39, 0.29) is 12.1 Å². The first kappa shape index (κ1) is 13.2. The smallest absolute Gasteiger partial charge is 0.330 e. The Labute approximate surface area is 97.3 Å². The number of nitrogens with one attached hydrogen (secondary N) is 1. The molecule has 1 heterocycles. The van der Waals surface area contributed by atoms with Crippen molar-refractivity contribution in [1.82, 2.24) is 14.5 Å². The molecule has 1 aromatic heterocycles.